The topological polar surface area (TPSA) is 60.6 Å². The summed E-state index contributed by atoms with van der Waals surface area (Å²) in [5.41, 5.74) is 3.55. The highest BCUT2D eigenvalue weighted by atomic mass is 15.4. The summed E-state index contributed by atoms with van der Waals surface area (Å²) < 4.78 is 3.84. The number of hydrogen-bond donors (Lipinski definition) is 1. The number of rotatable bonds is 5. The second-order valence-corrected chi connectivity index (χ2v) is 4.83. The zero-order valence-corrected chi connectivity index (χ0v) is 12.4. The molecule has 1 N–H and O–H groups in total. The van der Waals surface area contributed by atoms with Crippen LogP contribution in [0.1, 0.15) is 36.1 Å². The van der Waals surface area contributed by atoms with Gasteiger partial charge >= 0.3 is 0 Å². The van der Waals surface area contributed by atoms with E-state index in [1.807, 2.05) is 14.0 Å². The Hall–Kier alpha value is -1.85. The van der Waals surface area contributed by atoms with Crippen molar-refractivity contribution in [2.24, 2.45) is 7.05 Å². The first-order chi connectivity index (χ1) is 9.02. The van der Waals surface area contributed by atoms with E-state index in [-0.39, 0.29) is 0 Å². The Balaban J connectivity index is 2.13. The molecule has 6 heteroatoms. The van der Waals surface area contributed by atoms with E-state index in [0.29, 0.717) is 0 Å². The van der Waals surface area contributed by atoms with Crippen LogP contribution in [0.15, 0.2) is 0 Å². The highest BCUT2D eigenvalue weighted by Crippen LogP contribution is 2.15. The first-order valence-electron chi connectivity index (χ1n) is 6.67. The van der Waals surface area contributed by atoms with Gasteiger partial charge < -0.3 is 5.32 Å². The number of anilines is 1. The van der Waals surface area contributed by atoms with Crippen molar-refractivity contribution in [1.29, 1.82) is 0 Å². The van der Waals surface area contributed by atoms with Gasteiger partial charge in [-0.3, -0.25) is 4.68 Å². The summed E-state index contributed by atoms with van der Waals surface area (Å²) in [6.45, 7) is 9.92. The minimum Gasteiger partial charge on any atom is -0.350 e. The molecular formula is C13H22N6. The lowest BCUT2D eigenvalue weighted by Gasteiger charge is -2.06. The molecule has 104 valence electrons. The van der Waals surface area contributed by atoms with E-state index >= 15 is 0 Å². The molecule has 0 aliphatic carbocycles. The van der Waals surface area contributed by atoms with Crippen molar-refractivity contribution in [2.75, 3.05) is 5.32 Å². The van der Waals surface area contributed by atoms with E-state index < -0.39 is 0 Å². The maximum absolute atomic E-state index is 4.57. The molecule has 19 heavy (non-hydrogen) atoms. The van der Waals surface area contributed by atoms with Crippen molar-refractivity contribution >= 4 is 5.95 Å². The molecule has 0 saturated carbocycles. The first-order valence-corrected chi connectivity index (χ1v) is 6.67. The predicted octanol–water partition coefficient (Wildman–Crippen LogP) is 1.96. The zero-order chi connectivity index (χ0) is 14.0. The van der Waals surface area contributed by atoms with E-state index in [4.69, 9.17) is 0 Å². The minimum absolute atomic E-state index is 0.730. The first kappa shape index (κ1) is 13.6. The largest absolute Gasteiger partial charge is 0.350 e. The van der Waals surface area contributed by atoms with Crippen LogP contribution < -0.4 is 5.32 Å². The fourth-order valence-corrected chi connectivity index (χ4v) is 2.25. The summed E-state index contributed by atoms with van der Waals surface area (Å²) in [6, 6.07) is 0. The molecule has 0 aromatic carbocycles. The Morgan fingerprint density at radius 2 is 1.89 bits per heavy atom. The van der Waals surface area contributed by atoms with Gasteiger partial charge in [-0.15, -0.1) is 0 Å². The minimum atomic E-state index is 0.730. The Bertz CT molecular complexity index is 566. The number of nitrogens with zero attached hydrogens (tertiary/aromatic N) is 5. The van der Waals surface area contributed by atoms with Crippen LogP contribution in [0.25, 0.3) is 0 Å². The number of aryl methyl sites for hydroxylation is 4. The van der Waals surface area contributed by atoms with Crippen molar-refractivity contribution in [3.63, 3.8) is 0 Å². The molecule has 0 fully saturated rings. The number of hydrogen-bond acceptors (Lipinski definition) is 4. The van der Waals surface area contributed by atoms with E-state index in [1.165, 1.54) is 11.3 Å². The summed E-state index contributed by atoms with van der Waals surface area (Å²) in [5, 5.41) is 12.1. The fraction of sp³-hybridized carbons (Fsp3) is 0.615. The molecule has 0 aliphatic rings. The molecule has 0 spiro atoms. The van der Waals surface area contributed by atoms with Gasteiger partial charge in [-0.2, -0.15) is 15.2 Å². The van der Waals surface area contributed by atoms with Crippen molar-refractivity contribution < 1.29 is 0 Å². The van der Waals surface area contributed by atoms with Gasteiger partial charge in [0.15, 0.2) is 0 Å². The quantitative estimate of drug-likeness (QED) is 0.894. The van der Waals surface area contributed by atoms with E-state index in [2.05, 4.69) is 46.0 Å². The number of aromatic nitrogens is 5. The molecule has 2 rings (SSSR count). The van der Waals surface area contributed by atoms with Crippen LogP contribution in [0.2, 0.25) is 0 Å². The molecule has 0 amide bonds. The van der Waals surface area contributed by atoms with Gasteiger partial charge in [0.1, 0.15) is 5.82 Å². The molecule has 6 nitrogen and oxygen atoms in total. The molecule has 2 aromatic heterocycles. The molecule has 0 saturated heterocycles. The predicted molar refractivity (Wildman–Crippen MR) is 75.1 cm³/mol. The molecule has 2 aromatic rings. The van der Waals surface area contributed by atoms with Gasteiger partial charge in [-0.25, -0.2) is 4.68 Å². The van der Waals surface area contributed by atoms with Crippen molar-refractivity contribution in [2.45, 2.75) is 47.2 Å². The van der Waals surface area contributed by atoms with Crippen LogP contribution in [0.5, 0.6) is 0 Å². The van der Waals surface area contributed by atoms with Crippen LogP contribution in [-0.4, -0.2) is 24.5 Å². The third-order valence-corrected chi connectivity index (χ3v) is 3.26. The summed E-state index contributed by atoms with van der Waals surface area (Å²) in [5.74, 6) is 1.57. The van der Waals surface area contributed by atoms with Gasteiger partial charge in [0.2, 0.25) is 5.95 Å². The van der Waals surface area contributed by atoms with Gasteiger partial charge in [-0.1, -0.05) is 6.92 Å². The maximum atomic E-state index is 4.57. The van der Waals surface area contributed by atoms with Crippen LogP contribution in [0.3, 0.4) is 0 Å². The van der Waals surface area contributed by atoms with E-state index in [1.54, 1.807) is 4.68 Å². The van der Waals surface area contributed by atoms with Crippen LogP contribution in [-0.2, 0) is 20.1 Å². The number of nitrogens with one attached hydrogen (secondary N) is 1. The van der Waals surface area contributed by atoms with Crippen molar-refractivity contribution in [1.82, 2.24) is 24.5 Å². The molecule has 0 aliphatic heterocycles. The SMILES string of the molecule is CCCn1nc(C)c(CNc2nc(C)nn2C)c1C. The lowest BCUT2D eigenvalue weighted by molar-refractivity contribution is 0.582. The standard InChI is InChI=1S/C13H22N6/c1-6-7-19-10(3)12(9(2)16-19)8-14-13-15-11(4)17-18(13)5/h6-8H2,1-5H3,(H,14,15,17). The van der Waals surface area contributed by atoms with E-state index in [9.17, 15) is 0 Å². The second kappa shape index (κ2) is 5.42. The monoisotopic (exact) mass is 262 g/mol. The Kier molecular flexibility index (Phi) is 3.87. The molecular weight excluding hydrogens is 240 g/mol. The summed E-state index contributed by atoms with van der Waals surface area (Å²) in [6.07, 6.45) is 1.09. The third kappa shape index (κ3) is 2.77. The highest BCUT2D eigenvalue weighted by molar-refractivity contribution is 5.32. The van der Waals surface area contributed by atoms with Crippen LogP contribution in [0.4, 0.5) is 5.95 Å². The second-order valence-electron chi connectivity index (χ2n) is 4.83. The van der Waals surface area contributed by atoms with Gasteiger partial charge in [0.05, 0.1) is 5.69 Å². The van der Waals surface area contributed by atoms with Crippen LogP contribution >= 0.6 is 0 Å². The van der Waals surface area contributed by atoms with Crippen molar-refractivity contribution in [3.05, 3.63) is 22.8 Å². The molecule has 0 radical (unpaired) electrons. The summed E-state index contributed by atoms with van der Waals surface area (Å²) in [4.78, 5) is 4.34. The van der Waals surface area contributed by atoms with Crippen LogP contribution in [0, 0.1) is 20.8 Å². The average molecular weight is 262 g/mol. The van der Waals surface area contributed by atoms with Gasteiger partial charge in [0.25, 0.3) is 0 Å². The molecule has 0 bridgehead atoms. The lowest BCUT2D eigenvalue weighted by atomic mass is 10.2. The smallest absolute Gasteiger partial charge is 0.221 e. The molecule has 0 unspecified atom stereocenters. The molecule has 0 atom stereocenters. The Morgan fingerprint density at radius 1 is 1.16 bits per heavy atom. The van der Waals surface area contributed by atoms with Gasteiger partial charge in [0, 0.05) is 31.4 Å². The normalized spacial score (nSPS) is 11.0. The lowest BCUT2D eigenvalue weighted by Crippen LogP contribution is -2.07. The van der Waals surface area contributed by atoms with E-state index in [0.717, 1.165) is 37.0 Å². The highest BCUT2D eigenvalue weighted by Gasteiger charge is 2.12. The molecule has 2 heterocycles. The third-order valence-electron chi connectivity index (χ3n) is 3.26. The van der Waals surface area contributed by atoms with Gasteiger partial charge in [-0.05, 0) is 27.2 Å². The van der Waals surface area contributed by atoms with Crippen molar-refractivity contribution in [3.8, 4) is 0 Å². The summed E-state index contributed by atoms with van der Waals surface area (Å²) >= 11 is 0. The fourth-order valence-electron chi connectivity index (χ4n) is 2.25. The Morgan fingerprint density at radius 3 is 2.47 bits per heavy atom. The summed E-state index contributed by atoms with van der Waals surface area (Å²) in [7, 11) is 1.89. The zero-order valence-electron chi connectivity index (χ0n) is 12.4. The Labute approximate surface area is 113 Å². The maximum Gasteiger partial charge on any atom is 0.221 e. The average Bonchev–Trinajstić information content (AvgIpc) is 2.79.